The summed E-state index contributed by atoms with van der Waals surface area (Å²) in [7, 11) is 0. The minimum Gasteiger partial charge on any atom is -0.430 e. The lowest BCUT2D eigenvalue weighted by Gasteiger charge is -2.60. The third kappa shape index (κ3) is 6.00. The van der Waals surface area contributed by atoms with Crippen LogP contribution in [-0.2, 0) is 38.3 Å². The molecule has 5 heterocycles. The van der Waals surface area contributed by atoms with Gasteiger partial charge in [0.1, 0.15) is 12.2 Å². The zero-order chi connectivity index (χ0) is 29.6. The van der Waals surface area contributed by atoms with E-state index >= 15 is 0 Å². The molecule has 2 N–H and O–H groups in total. The van der Waals surface area contributed by atoms with Gasteiger partial charge in [0.05, 0.1) is 18.6 Å². The predicted octanol–water partition coefficient (Wildman–Crippen LogP) is 4.51. The van der Waals surface area contributed by atoms with Crippen molar-refractivity contribution in [2.45, 2.75) is 153 Å². The van der Waals surface area contributed by atoms with Crippen LogP contribution in [0.3, 0.4) is 0 Å². The van der Waals surface area contributed by atoms with Gasteiger partial charge in [0.15, 0.2) is 18.2 Å². The maximum atomic E-state index is 13.3. The van der Waals surface area contributed by atoms with E-state index in [2.05, 4.69) is 20.4 Å². The number of aliphatic hydroxyl groups excluding tert-OH is 1. The number of allylic oxidation sites excluding steroid dienone is 1. The molecule has 1 aliphatic carbocycles. The molecule has 10 nitrogen and oxygen atoms in total. The Bertz CT molecular complexity index is 946. The Kier molecular flexibility index (Phi) is 9.25. The second-order valence-corrected chi connectivity index (χ2v) is 13.4. The molecule has 1 saturated carbocycles. The topological polar surface area (TPSA) is 122 Å². The van der Waals surface area contributed by atoms with Crippen molar-refractivity contribution in [1.82, 2.24) is 0 Å². The van der Waals surface area contributed by atoms with Crippen LogP contribution in [0.4, 0.5) is 0 Å². The molecule has 0 aromatic heterocycles. The number of carbonyl (C=O) groups excluding carboxylic acids is 1. The SMILES string of the molecule is C=CCCCC[C@@H](C)O[C@@H]1O[C@@H](C)[C@@](O)(OC(=O)C[C@H]2O[C@@H]3O[C@@]4(C)CC[C@H]5[C@H](C)CC[C@@H]([C@H]2C)[C@@]35OO4)C[C@H]1O. The number of ether oxygens (including phenoxy) is 5. The molecule has 13 atom stereocenters. The Morgan fingerprint density at radius 1 is 1.12 bits per heavy atom. The van der Waals surface area contributed by atoms with Crippen molar-refractivity contribution in [3.8, 4) is 0 Å². The van der Waals surface area contributed by atoms with Crippen LogP contribution in [-0.4, -0.2) is 70.4 Å². The summed E-state index contributed by atoms with van der Waals surface area (Å²) in [4.78, 5) is 25.3. The van der Waals surface area contributed by atoms with E-state index in [9.17, 15) is 15.0 Å². The first-order valence-corrected chi connectivity index (χ1v) is 15.6. The van der Waals surface area contributed by atoms with Crippen molar-refractivity contribution in [2.24, 2.45) is 23.7 Å². The summed E-state index contributed by atoms with van der Waals surface area (Å²) in [5.41, 5.74) is -0.709. The van der Waals surface area contributed by atoms with Crippen molar-refractivity contribution < 1.29 is 48.5 Å². The number of unbranched alkanes of at least 4 members (excludes halogenated alkanes) is 2. The van der Waals surface area contributed by atoms with Crippen LogP contribution in [0.15, 0.2) is 12.7 Å². The normalized spacial score (nSPS) is 48.1. The molecule has 10 heteroatoms. The maximum absolute atomic E-state index is 13.3. The summed E-state index contributed by atoms with van der Waals surface area (Å²) in [5, 5.41) is 22.0. The van der Waals surface area contributed by atoms with Crippen LogP contribution in [0.1, 0.15) is 98.8 Å². The van der Waals surface area contributed by atoms with E-state index in [-0.39, 0.29) is 36.7 Å². The summed E-state index contributed by atoms with van der Waals surface area (Å²) < 4.78 is 30.2. The first-order valence-electron chi connectivity index (χ1n) is 15.6. The van der Waals surface area contributed by atoms with E-state index < -0.39 is 54.0 Å². The highest BCUT2D eigenvalue weighted by molar-refractivity contribution is 5.70. The van der Waals surface area contributed by atoms with Crippen LogP contribution < -0.4 is 0 Å². The van der Waals surface area contributed by atoms with Gasteiger partial charge in [-0.15, -0.1) is 6.58 Å². The molecular formula is C31H50O10. The van der Waals surface area contributed by atoms with Crippen LogP contribution in [0.5, 0.6) is 0 Å². The molecule has 0 amide bonds. The molecule has 6 aliphatic rings. The standard InChI is InChI=1S/C31H50O10/c1-7-8-9-10-11-19(3)35-27-24(32)17-30(34,21(5)36-27)38-26(33)16-25-20(4)23-13-12-18(2)22-14-15-29(6)39-28(37-25)31(22,23)41-40-29/h7,18-25,27-28,32,34H,1,8-17H2,2-6H3/t18-,19-,20-,21+,22+,23+,24-,25-,27-,28-,29-,30+,31-/m1/s1. The lowest BCUT2D eigenvalue weighted by molar-refractivity contribution is -0.571. The van der Waals surface area contributed by atoms with E-state index in [4.69, 9.17) is 33.5 Å². The van der Waals surface area contributed by atoms with E-state index in [0.717, 1.165) is 44.9 Å². The van der Waals surface area contributed by atoms with Crippen molar-refractivity contribution in [2.75, 3.05) is 0 Å². The van der Waals surface area contributed by atoms with Gasteiger partial charge in [-0.1, -0.05) is 26.3 Å². The highest BCUT2D eigenvalue weighted by Gasteiger charge is 2.69. The van der Waals surface area contributed by atoms with E-state index in [1.54, 1.807) is 6.92 Å². The van der Waals surface area contributed by atoms with Crippen molar-refractivity contribution in [1.29, 1.82) is 0 Å². The minimum absolute atomic E-state index is 0.0329. The highest BCUT2D eigenvalue weighted by Crippen LogP contribution is 2.60. The smallest absolute Gasteiger partial charge is 0.311 e. The van der Waals surface area contributed by atoms with E-state index in [0.29, 0.717) is 12.3 Å². The van der Waals surface area contributed by atoms with Gasteiger partial charge in [0, 0.05) is 18.8 Å². The summed E-state index contributed by atoms with van der Waals surface area (Å²) in [6.07, 6.45) is 4.76. The minimum atomic E-state index is -1.99. The van der Waals surface area contributed by atoms with Gasteiger partial charge < -0.3 is 33.9 Å². The Morgan fingerprint density at radius 3 is 2.66 bits per heavy atom. The van der Waals surface area contributed by atoms with E-state index in [1.807, 2.05) is 19.9 Å². The highest BCUT2D eigenvalue weighted by atomic mass is 17.3. The molecule has 0 radical (unpaired) electrons. The molecule has 5 saturated heterocycles. The maximum Gasteiger partial charge on any atom is 0.311 e. The number of esters is 1. The monoisotopic (exact) mass is 582 g/mol. The lowest BCUT2D eigenvalue weighted by atomic mass is 9.57. The first-order chi connectivity index (χ1) is 19.4. The van der Waals surface area contributed by atoms with Crippen LogP contribution >= 0.6 is 0 Å². The van der Waals surface area contributed by atoms with Gasteiger partial charge in [0.2, 0.25) is 11.6 Å². The van der Waals surface area contributed by atoms with Crippen molar-refractivity contribution in [3.05, 3.63) is 12.7 Å². The van der Waals surface area contributed by atoms with Gasteiger partial charge in [0.25, 0.3) is 0 Å². The third-order valence-corrected chi connectivity index (χ3v) is 10.4. The van der Waals surface area contributed by atoms with E-state index in [1.165, 1.54) is 0 Å². The molecule has 6 rings (SSSR count). The van der Waals surface area contributed by atoms with Gasteiger partial charge in [-0.2, -0.15) is 0 Å². The van der Waals surface area contributed by atoms with Crippen LogP contribution in [0.2, 0.25) is 0 Å². The molecule has 0 unspecified atom stereocenters. The molecule has 234 valence electrons. The number of aliphatic hydroxyl groups is 2. The molecular weight excluding hydrogens is 532 g/mol. The summed E-state index contributed by atoms with van der Waals surface area (Å²) in [6, 6.07) is 0. The zero-order valence-electron chi connectivity index (χ0n) is 25.3. The van der Waals surface area contributed by atoms with Gasteiger partial charge >= 0.3 is 5.97 Å². The molecule has 6 fully saturated rings. The van der Waals surface area contributed by atoms with Crippen LogP contribution in [0.25, 0.3) is 0 Å². The molecule has 0 aromatic rings. The fourth-order valence-electron chi connectivity index (χ4n) is 7.84. The second-order valence-electron chi connectivity index (χ2n) is 13.4. The number of rotatable bonds is 10. The summed E-state index contributed by atoms with van der Waals surface area (Å²) in [6.45, 7) is 13.5. The van der Waals surface area contributed by atoms with Crippen molar-refractivity contribution >= 4 is 5.97 Å². The Balaban J connectivity index is 1.20. The van der Waals surface area contributed by atoms with Crippen LogP contribution in [0, 0.1) is 23.7 Å². The van der Waals surface area contributed by atoms with Gasteiger partial charge in [-0.25, -0.2) is 9.78 Å². The zero-order valence-corrected chi connectivity index (χ0v) is 25.3. The third-order valence-electron chi connectivity index (χ3n) is 10.4. The second kappa shape index (κ2) is 12.1. The van der Waals surface area contributed by atoms with Gasteiger partial charge in [-0.05, 0) is 77.0 Å². The lowest BCUT2D eigenvalue weighted by Crippen LogP contribution is -2.70. The molecule has 41 heavy (non-hydrogen) atoms. The fourth-order valence-corrected chi connectivity index (χ4v) is 7.84. The number of hydrogen-bond acceptors (Lipinski definition) is 10. The predicted molar refractivity (Wildman–Crippen MR) is 147 cm³/mol. The first kappa shape index (κ1) is 31.3. The molecule has 1 spiro atoms. The largest absolute Gasteiger partial charge is 0.430 e. The Labute approximate surface area is 243 Å². The Hall–Kier alpha value is -1.11. The Morgan fingerprint density at radius 2 is 1.90 bits per heavy atom. The molecule has 2 bridgehead atoms. The molecule has 0 aromatic carbocycles. The number of hydrogen-bond donors (Lipinski definition) is 2. The number of carbonyl (C=O) groups is 1. The molecule has 5 aliphatic heterocycles. The fraction of sp³-hybridized carbons (Fsp3) is 0.903. The average molecular weight is 583 g/mol. The van der Waals surface area contributed by atoms with Crippen molar-refractivity contribution in [3.63, 3.8) is 0 Å². The number of fused-ring (bicyclic) bond motifs is 2. The quantitative estimate of drug-likeness (QED) is 0.125. The summed E-state index contributed by atoms with van der Waals surface area (Å²) >= 11 is 0. The van der Waals surface area contributed by atoms with Gasteiger partial charge in [-0.3, -0.25) is 4.79 Å². The average Bonchev–Trinajstić information content (AvgIpc) is 3.14. The summed E-state index contributed by atoms with van der Waals surface area (Å²) in [5.74, 6) is -2.78.